The molecule has 0 saturated carbocycles. The second-order valence-corrected chi connectivity index (χ2v) is 8.05. The zero-order valence-corrected chi connectivity index (χ0v) is 17.9. The normalized spacial score (nSPS) is 11.5. The molecule has 0 bridgehead atoms. The van der Waals surface area contributed by atoms with E-state index < -0.39 is 5.97 Å². The summed E-state index contributed by atoms with van der Waals surface area (Å²) in [5.74, 6) is -0.780. The minimum absolute atomic E-state index is 0.0177. The number of halogens is 1. The molecule has 2 N–H and O–H groups in total. The largest absolute Gasteiger partial charge is 0.475 e. The first kappa shape index (κ1) is 20.7. The Hall–Kier alpha value is -4.20. The van der Waals surface area contributed by atoms with Gasteiger partial charge in [-0.1, -0.05) is 26.0 Å². The Labute approximate surface area is 187 Å². The highest BCUT2D eigenvalue weighted by Crippen LogP contribution is 2.40. The van der Waals surface area contributed by atoms with E-state index in [9.17, 15) is 9.18 Å². The van der Waals surface area contributed by atoms with Crippen LogP contribution in [0.15, 0.2) is 59.1 Å². The molecule has 3 heterocycles. The lowest BCUT2D eigenvalue weighted by molar-refractivity contribution is 0.0658. The molecule has 0 aliphatic rings. The number of rotatable bonds is 6. The number of aromatic amines is 1. The number of pyridine rings is 1. The average Bonchev–Trinajstić information content (AvgIpc) is 3.45. The molecule has 0 spiro atoms. The third-order valence-corrected chi connectivity index (χ3v) is 5.46. The van der Waals surface area contributed by atoms with E-state index in [-0.39, 0.29) is 24.1 Å². The summed E-state index contributed by atoms with van der Waals surface area (Å²) < 4.78 is 25.0. The van der Waals surface area contributed by atoms with Crippen LogP contribution in [0.1, 0.15) is 41.8 Å². The molecule has 3 aromatic heterocycles. The highest BCUT2D eigenvalue weighted by Gasteiger charge is 2.20. The molecule has 0 atom stereocenters. The number of fused-ring (bicyclic) bond motifs is 2. The number of carboxylic acids is 1. The van der Waals surface area contributed by atoms with Crippen LogP contribution in [0.3, 0.4) is 0 Å². The van der Waals surface area contributed by atoms with Crippen LogP contribution in [-0.4, -0.2) is 26.3 Å². The van der Waals surface area contributed by atoms with Gasteiger partial charge in [0.1, 0.15) is 18.2 Å². The maximum Gasteiger partial charge on any atom is 0.371 e. The first-order chi connectivity index (χ1) is 15.9. The average molecular weight is 445 g/mol. The molecular weight excluding hydrogens is 425 g/mol. The molecule has 7 nitrogen and oxygen atoms in total. The number of benzene rings is 2. The lowest BCUT2D eigenvalue weighted by Crippen LogP contribution is -2.04. The fraction of sp³-hybridized carbons (Fsp3) is 0.160. The van der Waals surface area contributed by atoms with Crippen LogP contribution in [0.25, 0.3) is 32.8 Å². The van der Waals surface area contributed by atoms with Gasteiger partial charge in [0.2, 0.25) is 11.6 Å². The molecule has 0 radical (unpaired) electrons. The quantitative estimate of drug-likeness (QED) is 0.337. The van der Waals surface area contributed by atoms with Gasteiger partial charge in [-0.15, -0.1) is 0 Å². The lowest BCUT2D eigenvalue weighted by Gasteiger charge is -2.18. The standard InChI is InChI=1S/C25H20FN3O4/c1-13(2)23-22(14-3-5-16(26)6-4-14)18-9-15-11-27-29-20(15)10-19(18)24(28-23)32-12-17-7-8-21(33-17)25(30)31/h3-11,13H,12H2,1-2H3,(H,27,29)(H,30,31). The summed E-state index contributed by atoms with van der Waals surface area (Å²) in [6.07, 6.45) is 1.75. The van der Waals surface area contributed by atoms with Crippen molar-refractivity contribution in [2.24, 2.45) is 0 Å². The summed E-state index contributed by atoms with van der Waals surface area (Å²) >= 11 is 0. The van der Waals surface area contributed by atoms with Crippen molar-refractivity contribution in [3.8, 4) is 17.0 Å². The number of carbonyl (C=O) groups is 1. The van der Waals surface area contributed by atoms with Gasteiger partial charge < -0.3 is 14.3 Å². The number of ether oxygens (including phenoxy) is 1. The van der Waals surface area contributed by atoms with Crippen molar-refractivity contribution < 1.29 is 23.4 Å². The Bertz CT molecular complexity index is 1490. The Balaban J connectivity index is 1.69. The molecule has 8 heteroatoms. The van der Waals surface area contributed by atoms with Gasteiger partial charge in [-0.3, -0.25) is 5.10 Å². The molecule has 2 aromatic carbocycles. The third kappa shape index (κ3) is 3.80. The molecular formula is C25H20FN3O4. The Morgan fingerprint density at radius 1 is 1.15 bits per heavy atom. The summed E-state index contributed by atoms with van der Waals surface area (Å²) in [6.45, 7) is 4.09. The smallest absolute Gasteiger partial charge is 0.371 e. The number of furan rings is 1. The first-order valence-corrected chi connectivity index (χ1v) is 10.4. The van der Waals surface area contributed by atoms with E-state index in [1.807, 2.05) is 26.0 Å². The maximum atomic E-state index is 13.6. The molecule has 0 saturated heterocycles. The third-order valence-electron chi connectivity index (χ3n) is 5.46. The molecule has 5 rings (SSSR count). The van der Waals surface area contributed by atoms with Crippen LogP contribution in [0.4, 0.5) is 4.39 Å². The van der Waals surface area contributed by atoms with Crippen LogP contribution >= 0.6 is 0 Å². The minimum Gasteiger partial charge on any atom is -0.475 e. The van der Waals surface area contributed by atoms with Crippen molar-refractivity contribution in [2.45, 2.75) is 26.4 Å². The number of hydrogen-bond acceptors (Lipinski definition) is 5. The highest BCUT2D eigenvalue weighted by molar-refractivity contribution is 6.06. The number of hydrogen-bond donors (Lipinski definition) is 2. The second kappa shape index (κ2) is 8.05. The van der Waals surface area contributed by atoms with E-state index in [0.717, 1.165) is 38.5 Å². The summed E-state index contributed by atoms with van der Waals surface area (Å²) in [5, 5.41) is 18.8. The van der Waals surface area contributed by atoms with Crippen molar-refractivity contribution in [3.63, 3.8) is 0 Å². The summed E-state index contributed by atoms with van der Waals surface area (Å²) in [7, 11) is 0. The van der Waals surface area contributed by atoms with Crippen molar-refractivity contribution in [1.82, 2.24) is 15.2 Å². The number of H-pyrrole nitrogens is 1. The van der Waals surface area contributed by atoms with Gasteiger partial charge in [0.15, 0.2) is 0 Å². The summed E-state index contributed by atoms with van der Waals surface area (Å²) in [5.41, 5.74) is 3.38. The van der Waals surface area contributed by atoms with Crippen molar-refractivity contribution in [2.75, 3.05) is 0 Å². The predicted molar refractivity (Wildman–Crippen MR) is 121 cm³/mol. The zero-order chi connectivity index (χ0) is 23.1. The van der Waals surface area contributed by atoms with Crippen LogP contribution in [0.5, 0.6) is 5.88 Å². The SMILES string of the molecule is CC(C)c1nc(OCc2ccc(C(=O)O)o2)c2cc3[nH]ncc3cc2c1-c1ccc(F)cc1. The van der Waals surface area contributed by atoms with Crippen molar-refractivity contribution >= 4 is 27.6 Å². The van der Waals surface area contributed by atoms with Gasteiger partial charge in [-0.2, -0.15) is 5.10 Å². The van der Waals surface area contributed by atoms with Crippen molar-refractivity contribution in [3.05, 3.63) is 77.8 Å². The number of aromatic nitrogens is 3. The molecule has 0 aliphatic heterocycles. The van der Waals surface area contributed by atoms with Crippen molar-refractivity contribution in [1.29, 1.82) is 0 Å². The number of carboxylic acid groups (broad SMARTS) is 1. The molecule has 0 unspecified atom stereocenters. The molecule has 166 valence electrons. The van der Waals surface area contributed by atoms with Gasteiger partial charge in [0, 0.05) is 16.3 Å². The van der Waals surface area contributed by atoms with E-state index >= 15 is 0 Å². The van der Waals surface area contributed by atoms with Gasteiger partial charge in [0.05, 0.1) is 17.4 Å². The van der Waals surface area contributed by atoms with Crippen LogP contribution in [0.2, 0.25) is 0 Å². The Morgan fingerprint density at radius 2 is 1.94 bits per heavy atom. The second-order valence-electron chi connectivity index (χ2n) is 8.05. The molecule has 33 heavy (non-hydrogen) atoms. The van der Waals surface area contributed by atoms with Crippen LogP contribution < -0.4 is 4.74 Å². The van der Waals surface area contributed by atoms with E-state index in [1.54, 1.807) is 24.4 Å². The molecule has 5 aromatic rings. The Kier molecular flexibility index (Phi) is 5.05. The minimum atomic E-state index is -1.14. The maximum absolute atomic E-state index is 13.6. The van der Waals surface area contributed by atoms with Gasteiger partial charge in [-0.25, -0.2) is 14.2 Å². The topological polar surface area (TPSA) is 101 Å². The molecule has 0 fully saturated rings. The van der Waals surface area contributed by atoms with Gasteiger partial charge >= 0.3 is 5.97 Å². The zero-order valence-electron chi connectivity index (χ0n) is 17.9. The summed E-state index contributed by atoms with van der Waals surface area (Å²) in [6, 6.07) is 13.2. The fourth-order valence-corrected chi connectivity index (χ4v) is 3.90. The van der Waals surface area contributed by atoms with Gasteiger partial charge in [0.25, 0.3) is 0 Å². The van der Waals surface area contributed by atoms with E-state index in [4.69, 9.17) is 19.2 Å². The number of nitrogens with one attached hydrogen (secondary N) is 1. The predicted octanol–water partition coefficient (Wildman–Crippen LogP) is 5.91. The summed E-state index contributed by atoms with van der Waals surface area (Å²) in [4.78, 5) is 15.9. The van der Waals surface area contributed by atoms with E-state index in [1.165, 1.54) is 18.2 Å². The lowest BCUT2D eigenvalue weighted by atomic mass is 9.92. The highest BCUT2D eigenvalue weighted by atomic mass is 19.1. The number of nitrogens with zero attached hydrogens (tertiary/aromatic N) is 2. The Morgan fingerprint density at radius 3 is 2.64 bits per heavy atom. The van der Waals surface area contributed by atoms with Crippen LogP contribution in [-0.2, 0) is 6.61 Å². The monoisotopic (exact) mass is 445 g/mol. The first-order valence-electron chi connectivity index (χ1n) is 10.4. The van der Waals surface area contributed by atoms with Crippen LogP contribution in [0, 0.1) is 5.82 Å². The molecule has 0 amide bonds. The van der Waals surface area contributed by atoms with E-state index in [0.29, 0.717) is 11.6 Å². The molecule has 0 aliphatic carbocycles. The number of aromatic carboxylic acids is 1. The fourth-order valence-electron chi connectivity index (χ4n) is 3.90. The van der Waals surface area contributed by atoms with E-state index in [2.05, 4.69) is 10.2 Å². The van der Waals surface area contributed by atoms with Gasteiger partial charge in [-0.05, 0) is 53.3 Å².